The van der Waals surface area contributed by atoms with Gasteiger partial charge in [-0.3, -0.25) is 5.14 Å². The first-order valence-electron chi connectivity index (χ1n) is 12.6. The van der Waals surface area contributed by atoms with Crippen molar-refractivity contribution in [2.45, 2.75) is 37.1 Å². The number of carboxylic acids is 1. The minimum Gasteiger partial charge on any atom is -0.478 e. The minimum atomic E-state index is -4.92. The number of rotatable bonds is 11. The third-order valence-corrected chi connectivity index (χ3v) is 7.36. The van der Waals surface area contributed by atoms with Crippen LogP contribution in [0.25, 0.3) is 0 Å². The summed E-state index contributed by atoms with van der Waals surface area (Å²) < 4.78 is 61.1. The number of aromatic carboxylic acids is 1. The zero-order valence-corrected chi connectivity index (χ0v) is 22.8. The van der Waals surface area contributed by atoms with Crippen molar-refractivity contribution >= 4 is 27.2 Å². The summed E-state index contributed by atoms with van der Waals surface area (Å²) in [6.07, 6.45) is 3.67. The molecule has 1 atom stereocenters. The Hall–Kier alpha value is -4.22. The predicted octanol–water partition coefficient (Wildman–Crippen LogP) is 6.70. The van der Waals surface area contributed by atoms with Crippen molar-refractivity contribution in [2.24, 2.45) is 5.14 Å². The molecule has 1 aliphatic carbocycles. The van der Waals surface area contributed by atoms with Crippen LogP contribution < -0.4 is 19.5 Å². The Labute approximate surface area is 236 Å². The number of halogens is 3. The van der Waals surface area contributed by atoms with Crippen molar-refractivity contribution < 1.29 is 36.8 Å². The molecule has 0 saturated carbocycles. The van der Waals surface area contributed by atoms with Crippen LogP contribution in [0, 0.1) is 0 Å². The van der Waals surface area contributed by atoms with Crippen LogP contribution in [0.2, 0.25) is 0 Å². The van der Waals surface area contributed by atoms with E-state index in [1.807, 2.05) is 47.4 Å². The maximum Gasteiger partial charge on any atom is 0.573 e. The highest BCUT2D eigenvalue weighted by Gasteiger charge is 2.31. The Balaban J connectivity index is 1.80. The molecule has 1 unspecified atom stereocenters. The Morgan fingerprint density at radius 1 is 1.07 bits per heavy atom. The van der Waals surface area contributed by atoms with Crippen LogP contribution in [0.3, 0.4) is 0 Å². The lowest BCUT2D eigenvalue weighted by Gasteiger charge is -2.28. The van der Waals surface area contributed by atoms with Crippen LogP contribution in [0.1, 0.15) is 35.2 Å². The van der Waals surface area contributed by atoms with Crippen LogP contribution >= 0.6 is 0 Å². The lowest BCUT2D eigenvalue weighted by atomic mass is 10.0. The molecule has 0 aliphatic heterocycles. The molecule has 3 aromatic carbocycles. The smallest absolute Gasteiger partial charge is 0.478 e. The summed E-state index contributed by atoms with van der Waals surface area (Å²) in [5.74, 6) is 1.50. The molecule has 0 amide bonds. The van der Waals surface area contributed by atoms with E-state index in [2.05, 4.69) is 16.7 Å². The zero-order valence-electron chi connectivity index (χ0n) is 22.0. The molecule has 7 nitrogen and oxygen atoms in total. The number of carboxylic acid groups (broad SMARTS) is 1. The van der Waals surface area contributed by atoms with Crippen molar-refractivity contribution in [1.82, 2.24) is 0 Å². The van der Waals surface area contributed by atoms with Crippen molar-refractivity contribution in [3.63, 3.8) is 0 Å². The molecule has 216 valence electrons. The summed E-state index contributed by atoms with van der Waals surface area (Å²) in [4.78, 5) is 14.1. The first-order chi connectivity index (χ1) is 19.4. The second-order valence-corrected chi connectivity index (χ2v) is 11.3. The maximum absolute atomic E-state index is 12.9. The summed E-state index contributed by atoms with van der Waals surface area (Å²) in [6.45, 7) is 0.797. The number of benzene rings is 3. The van der Waals surface area contributed by atoms with Crippen molar-refractivity contribution in [1.29, 1.82) is 0 Å². The standard InChI is InChI=1S/C30H29F3N2O5S/c1-41(34,38)28-18-25(29(36)37)26(19-27(28)39-23-13-8-14-24(17-23)40-30(31,32)33)35(20-22-11-6-3-7-12-22)16-15-21-9-4-2-5-10-21/h2-4,6-9,11-14,17-19H,1,5,10,15-16,20H2,(H2,34,38)(H,36,37). The van der Waals surface area contributed by atoms with Gasteiger partial charge in [0.25, 0.3) is 0 Å². The molecular weight excluding hydrogens is 557 g/mol. The molecule has 3 aromatic rings. The first-order valence-corrected chi connectivity index (χ1v) is 14.4. The van der Waals surface area contributed by atoms with E-state index < -0.39 is 27.8 Å². The monoisotopic (exact) mass is 586 g/mol. The van der Waals surface area contributed by atoms with Crippen LogP contribution in [-0.2, 0) is 16.3 Å². The Bertz CT molecular complexity index is 1570. The average Bonchev–Trinajstić information content (AvgIpc) is 2.90. The van der Waals surface area contributed by atoms with Gasteiger partial charge in [0.05, 0.1) is 25.9 Å². The van der Waals surface area contributed by atoms with Gasteiger partial charge >= 0.3 is 12.3 Å². The summed E-state index contributed by atoms with van der Waals surface area (Å²) in [5, 5.41) is 16.0. The Morgan fingerprint density at radius 3 is 2.44 bits per heavy atom. The minimum absolute atomic E-state index is 0.0700. The average molecular weight is 587 g/mol. The maximum atomic E-state index is 12.9. The highest BCUT2D eigenvalue weighted by Crippen LogP contribution is 2.37. The molecule has 11 heteroatoms. The summed E-state index contributed by atoms with van der Waals surface area (Å²) >= 11 is 0. The molecule has 0 fully saturated rings. The number of ether oxygens (including phenoxy) is 2. The molecule has 41 heavy (non-hydrogen) atoms. The van der Waals surface area contributed by atoms with Gasteiger partial charge in [-0.15, -0.1) is 13.2 Å². The van der Waals surface area contributed by atoms with E-state index in [4.69, 9.17) is 9.88 Å². The number of alkyl halides is 3. The molecular formula is C30H29F3N2O5S. The second kappa shape index (κ2) is 12.5. The van der Waals surface area contributed by atoms with Gasteiger partial charge < -0.3 is 19.5 Å². The fraction of sp³-hybridized carbons (Fsp3) is 0.200. The SMILES string of the molecule is C=S(N)(=O)c1cc(C(=O)O)c(N(CCC2=CC=CCC2)Cc2ccccc2)cc1Oc1cccc(OC(F)(F)F)c1. The number of nitrogens with zero attached hydrogens (tertiary/aromatic N) is 1. The van der Waals surface area contributed by atoms with Crippen molar-refractivity contribution in [3.05, 3.63) is 102 Å². The van der Waals surface area contributed by atoms with Crippen molar-refractivity contribution in [2.75, 3.05) is 11.4 Å². The molecule has 1 aliphatic rings. The molecule has 4 rings (SSSR count). The molecule has 0 radical (unpaired) electrons. The topological polar surface area (TPSA) is 102 Å². The van der Waals surface area contributed by atoms with E-state index in [0.29, 0.717) is 19.5 Å². The van der Waals surface area contributed by atoms with Crippen LogP contribution in [0.15, 0.2) is 95.4 Å². The molecule has 3 N–H and O–H groups in total. The number of hydrogen-bond donors (Lipinski definition) is 2. The van der Waals surface area contributed by atoms with E-state index >= 15 is 0 Å². The lowest BCUT2D eigenvalue weighted by molar-refractivity contribution is -0.274. The fourth-order valence-corrected chi connectivity index (χ4v) is 5.18. The number of carbonyl (C=O) groups is 1. The summed E-state index contributed by atoms with van der Waals surface area (Å²) in [5.41, 5.74) is 2.22. The molecule has 0 saturated heterocycles. The largest absolute Gasteiger partial charge is 0.573 e. The van der Waals surface area contributed by atoms with Crippen molar-refractivity contribution in [3.8, 4) is 17.2 Å². The van der Waals surface area contributed by atoms with E-state index in [-0.39, 0.29) is 27.6 Å². The van der Waals surface area contributed by atoms with Gasteiger partial charge in [0.15, 0.2) is 0 Å². The van der Waals surface area contributed by atoms with Gasteiger partial charge in [0, 0.05) is 25.2 Å². The normalized spacial score (nSPS) is 14.6. The van der Waals surface area contributed by atoms with Crippen LogP contribution in [-0.4, -0.2) is 34.1 Å². The van der Waals surface area contributed by atoms with Gasteiger partial charge in [-0.1, -0.05) is 60.2 Å². The first kappa shape index (κ1) is 29.8. The molecule has 0 bridgehead atoms. The molecule has 0 aromatic heterocycles. The third kappa shape index (κ3) is 8.38. The molecule has 0 heterocycles. The van der Waals surface area contributed by atoms with Gasteiger partial charge in [0.2, 0.25) is 0 Å². The van der Waals surface area contributed by atoms with E-state index in [9.17, 15) is 27.3 Å². The second-order valence-electron chi connectivity index (χ2n) is 9.42. The van der Waals surface area contributed by atoms with Gasteiger partial charge in [-0.05, 0) is 48.9 Å². The van der Waals surface area contributed by atoms with Crippen LogP contribution in [0.5, 0.6) is 17.2 Å². The zero-order chi connectivity index (χ0) is 29.6. The highest BCUT2D eigenvalue weighted by atomic mass is 32.2. The molecule has 0 spiro atoms. The third-order valence-electron chi connectivity index (χ3n) is 6.29. The lowest BCUT2D eigenvalue weighted by Crippen LogP contribution is -2.27. The van der Waals surface area contributed by atoms with Crippen LogP contribution in [0.4, 0.5) is 18.9 Å². The van der Waals surface area contributed by atoms with Gasteiger partial charge in [-0.25, -0.2) is 9.00 Å². The summed E-state index contributed by atoms with van der Waals surface area (Å²) in [7, 11) is -3.51. The Kier molecular flexibility index (Phi) is 9.09. The van der Waals surface area contributed by atoms with E-state index in [1.54, 1.807) is 0 Å². The van der Waals surface area contributed by atoms with E-state index in [0.717, 1.165) is 36.6 Å². The highest BCUT2D eigenvalue weighted by molar-refractivity contribution is 7.98. The number of hydrogen-bond acceptors (Lipinski definition) is 5. The number of allylic oxidation sites excluding steroid dienone is 3. The van der Waals surface area contributed by atoms with Gasteiger partial charge in [-0.2, -0.15) is 0 Å². The summed E-state index contributed by atoms with van der Waals surface area (Å²) in [6, 6.07) is 16.8. The number of anilines is 1. The van der Waals surface area contributed by atoms with E-state index in [1.165, 1.54) is 23.8 Å². The van der Waals surface area contributed by atoms with Gasteiger partial charge in [0.1, 0.15) is 17.2 Å². The Morgan fingerprint density at radius 2 is 1.80 bits per heavy atom. The number of nitrogens with two attached hydrogens (primary N) is 1. The predicted molar refractivity (Wildman–Crippen MR) is 153 cm³/mol. The fourth-order valence-electron chi connectivity index (χ4n) is 4.42. The quantitative estimate of drug-likeness (QED) is 0.243.